The number of benzene rings is 2. The van der Waals surface area contributed by atoms with Gasteiger partial charge in [0.1, 0.15) is 12.0 Å². The summed E-state index contributed by atoms with van der Waals surface area (Å²) in [5.41, 5.74) is 3.19. The first-order valence-electron chi connectivity index (χ1n) is 9.00. The number of carboxylic acid groups (broad SMARTS) is 1. The summed E-state index contributed by atoms with van der Waals surface area (Å²) in [5, 5.41) is 17.5. The second-order valence-electron chi connectivity index (χ2n) is 7.16. The molecular weight excluding hydrogens is 364 g/mol. The summed E-state index contributed by atoms with van der Waals surface area (Å²) in [6.07, 6.45) is -0.613. The minimum Gasteiger partial charge on any atom is -0.481 e. The van der Waals surface area contributed by atoms with Gasteiger partial charge in [0.2, 0.25) is 0 Å². The predicted octanol–water partition coefficient (Wildman–Crippen LogP) is 5.25. The molecule has 0 amide bonds. The molecule has 0 fully saturated rings. The van der Waals surface area contributed by atoms with Gasteiger partial charge in [-0.15, -0.1) is 0 Å². The van der Waals surface area contributed by atoms with Gasteiger partial charge in [0.05, 0.1) is 23.7 Å². The van der Waals surface area contributed by atoms with E-state index in [0.717, 1.165) is 16.4 Å². The highest BCUT2D eigenvalue weighted by Crippen LogP contribution is 2.41. The first-order valence-corrected chi connectivity index (χ1v) is 9.00. The zero-order chi connectivity index (χ0) is 20.0. The molecular formula is C21H19F2N3O2. The molecule has 0 spiro atoms. The third kappa shape index (κ3) is 2.93. The first-order chi connectivity index (χ1) is 13.4. The van der Waals surface area contributed by atoms with Crippen LogP contribution in [0.25, 0.3) is 27.5 Å². The van der Waals surface area contributed by atoms with Crippen LogP contribution in [0.2, 0.25) is 0 Å². The molecule has 0 bridgehead atoms. The summed E-state index contributed by atoms with van der Waals surface area (Å²) in [4.78, 5) is 11.2. The van der Waals surface area contributed by atoms with Crippen molar-refractivity contribution in [1.82, 2.24) is 14.8 Å². The lowest BCUT2D eigenvalue weighted by Crippen LogP contribution is -2.08. The second kappa shape index (κ2) is 6.74. The Morgan fingerprint density at radius 2 is 1.96 bits per heavy atom. The summed E-state index contributed by atoms with van der Waals surface area (Å²) >= 11 is 0. The van der Waals surface area contributed by atoms with Crippen LogP contribution in [-0.4, -0.2) is 25.8 Å². The number of nitrogens with zero attached hydrogens (tertiary/aromatic N) is 2. The molecule has 2 aromatic heterocycles. The van der Waals surface area contributed by atoms with Crippen molar-refractivity contribution in [1.29, 1.82) is 0 Å². The van der Waals surface area contributed by atoms with Crippen LogP contribution in [0, 0.1) is 5.82 Å². The van der Waals surface area contributed by atoms with Crippen molar-refractivity contribution in [3.63, 3.8) is 0 Å². The number of carbonyl (C=O) groups is 1. The van der Waals surface area contributed by atoms with Crippen LogP contribution in [0.1, 0.15) is 43.6 Å². The molecule has 0 radical (unpaired) electrons. The minimum absolute atomic E-state index is 0.0871. The topological polar surface area (TPSA) is 70.9 Å². The molecule has 144 valence electrons. The fraction of sp³-hybridized carbons (Fsp3) is 0.238. The van der Waals surface area contributed by atoms with Gasteiger partial charge in [-0.25, -0.2) is 8.78 Å². The lowest BCUT2D eigenvalue weighted by atomic mass is 9.97. The van der Waals surface area contributed by atoms with E-state index in [2.05, 4.69) is 10.2 Å². The molecule has 2 heterocycles. The number of hydrogen-bond donors (Lipinski definition) is 2. The maximum atomic E-state index is 15.2. The SMILES string of the molecule is CC(C)c1c([C@@H](F)CC(=O)O)c2cc3[nH]ncc3cc2n1-c1ccc(F)cc1. The van der Waals surface area contributed by atoms with Crippen molar-refractivity contribution in [2.75, 3.05) is 0 Å². The number of fused-ring (bicyclic) bond motifs is 2. The molecule has 0 unspecified atom stereocenters. The van der Waals surface area contributed by atoms with E-state index >= 15 is 4.39 Å². The maximum absolute atomic E-state index is 15.2. The van der Waals surface area contributed by atoms with Gasteiger partial charge in [-0.2, -0.15) is 5.10 Å². The van der Waals surface area contributed by atoms with Gasteiger partial charge in [0.25, 0.3) is 0 Å². The van der Waals surface area contributed by atoms with E-state index in [0.29, 0.717) is 22.3 Å². The average molecular weight is 383 g/mol. The summed E-state index contributed by atoms with van der Waals surface area (Å²) in [6, 6.07) is 9.66. The van der Waals surface area contributed by atoms with Crippen LogP contribution in [0.4, 0.5) is 8.78 Å². The molecule has 4 rings (SSSR count). The molecule has 1 atom stereocenters. The van der Waals surface area contributed by atoms with Crippen molar-refractivity contribution in [3.05, 3.63) is 59.7 Å². The summed E-state index contributed by atoms with van der Waals surface area (Å²) in [7, 11) is 0. The molecule has 0 aliphatic carbocycles. The third-order valence-electron chi connectivity index (χ3n) is 4.90. The van der Waals surface area contributed by atoms with Gasteiger partial charge >= 0.3 is 5.97 Å². The number of halogens is 2. The van der Waals surface area contributed by atoms with Crippen molar-refractivity contribution in [2.45, 2.75) is 32.4 Å². The monoisotopic (exact) mass is 383 g/mol. The summed E-state index contributed by atoms with van der Waals surface area (Å²) in [6.45, 7) is 3.86. The number of aliphatic carboxylic acids is 1. The normalized spacial score (nSPS) is 12.9. The highest BCUT2D eigenvalue weighted by Gasteiger charge is 2.28. The number of aromatic nitrogens is 3. The molecule has 2 N–H and O–H groups in total. The number of rotatable bonds is 5. The number of aromatic amines is 1. The quantitative estimate of drug-likeness (QED) is 0.494. The van der Waals surface area contributed by atoms with Gasteiger partial charge in [0.15, 0.2) is 0 Å². The Hall–Kier alpha value is -3.22. The van der Waals surface area contributed by atoms with Gasteiger partial charge in [-0.1, -0.05) is 13.8 Å². The van der Waals surface area contributed by atoms with E-state index in [1.807, 2.05) is 24.5 Å². The average Bonchev–Trinajstić information content (AvgIpc) is 3.21. The molecule has 0 aliphatic rings. The van der Waals surface area contributed by atoms with Crippen molar-refractivity contribution in [2.24, 2.45) is 0 Å². The van der Waals surface area contributed by atoms with E-state index in [9.17, 15) is 9.18 Å². The minimum atomic E-state index is -1.67. The van der Waals surface area contributed by atoms with Crippen molar-refractivity contribution >= 4 is 27.8 Å². The molecule has 0 saturated heterocycles. The molecule has 0 aliphatic heterocycles. The molecule has 5 nitrogen and oxygen atoms in total. The van der Waals surface area contributed by atoms with E-state index < -0.39 is 18.6 Å². The van der Waals surface area contributed by atoms with Gasteiger partial charge in [-0.05, 0) is 42.3 Å². The van der Waals surface area contributed by atoms with Gasteiger partial charge < -0.3 is 9.67 Å². The van der Waals surface area contributed by atoms with Gasteiger partial charge in [0, 0.05) is 27.7 Å². The fourth-order valence-electron chi connectivity index (χ4n) is 3.79. The van der Waals surface area contributed by atoms with Crippen LogP contribution < -0.4 is 0 Å². The summed E-state index contributed by atoms with van der Waals surface area (Å²) < 4.78 is 30.5. The lowest BCUT2D eigenvalue weighted by Gasteiger charge is -2.17. The Morgan fingerprint density at radius 1 is 1.25 bits per heavy atom. The number of alkyl halides is 1. The zero-order valence-corrected chi connectivity index (χ0v) is 15.4. The molecule has 28 heavy (non-hydrogen) atoms. The Morgan fingerprint density at radius 3 is 2.61 bits per heavy atom. The maximum Gasteiger partial charge on any atom is 0.306 e. The highest BCUT2D eigenvalue weighted by atomic mass is 19.1. The van der Waals surface area contributed by atoms with Crippen LogP contribution in [-0.2, 0) is 4.79 Å². The smallest absolute Gasteiger partial charge is 0.306 e. The zero-order valence-electron chi connectivity index (χ0n) is 15.4. The summed E-state index contributed by atoms with van der Waals surface area (Å²) in [5.74, 6) is -1.65. The van der Waals surface area contributed by atoms with E-state index in [1.165, 1.54) is 12.1 Å². The standard InChI is InChI=1S/C21H19F2N3O2/c1-11(2)21-20(16(23)9-19(27)28)15-8-17-12(10-24-25-17)7-18(15)26(21)14-5-3-13(22)4-6-14/h3-8,10-11,16H,9H2,1-2H3,(H,24,25)(H,27,28)/t16-/m0/s1. The van der Waals surface area contributed by atoms with E-state index in [-0.39, 0.29) is 11.7 Å². The van der Waals surface area contributed by atoms with Crippen molar-refractivity contribution in [3.8, 4) is 5.69 Å². The Bertz CT molecular complexity index is 1180. The lowest BCUT2D eigenvalue weighted by molar-refractivity contribution is -0.138. The molecule has 7 heteroatoms. The fourth-order valence-corrected chi connectivity index (χ4v) is 3.79. The first kappa shape index (κ1) is 18.2. The Labute approximate surface area is 159 Å². The molecule has 4 aromatic rings. The molecule has 2 aromatic carbocycles. The second-order valence-corrected chi connectivity index (χ2v) is 7.16. The van der Waals surface area contributed by atoms with Crippen LogP contribution in [0.5, 0.6) is 0 Å². The highest BCUT2D eigenvalue weighted by molar-refractivity contribution is 5.99. The largest absolute Gasteiger partial charge is 0.481 e. The number of H-pyrrole nitrogens is 1. The van der Waals surface area contributed by atoms with E-state index in [1.54, 1.807) is 24.4 Å². The molecule has 0 saturated carbocycles. The number of nitrogens with one attached hydrogen (secondary N) is 1. The third-order valence-corrected chi connectivity index (χ3v) is 4.90. The van der Waals surface area contributed by atoms with Crippen LogP contribution in [0.3, 0.4) is 0 Å². The van der Waals surface area contributed by atoms with E-state index in [4.69, 9.17) is 5.11 Å². The van der Waals surface area contributed by atoms with Gasteiger partial charge in [-0.3, -0.25) is 9.89 Å². The van der Waals surface area contributed by atoms with Crippen LogP contribution >= 0.6 is 0 Å². The van der Waals surface area contributed by atoms with Crippen molar-refractivity contribution < 1.29 is 18.7 Å². The predicted molar refractivity (Wildman–Crippen MR) is 103 cm³/mol. The Balaban J connectivity index is 2.11. The number of carboxylic acids is 1. The van der Waals surface area contributed by atoms with Crippen LogP contribution in [0.15, 0.2) is 42.6 Å². The number of hydrogen-bond acceptors (Lipinski definition) is 2. The Kier molecular flexibility index (Phi) is 4.37.